The SMILES string of the molecule is CCNC(=NCC(=O)NC(C)(C)C)NCCCN1CCN(c2cccc(C)c2)CC1.I. The maximum Gasteiger partial charge on any atom is 0.242 e. The van der Waals surface area contributed by atoms with Gasteiger partial charge in [0.05, 0.1) is 0 Å². The third-order valence-electron chi connectivity index (χ3n) is 4.92. The number of carbonyl (C=O) groups excluding carboxylic acids is 1. The van der Waals surface area contributed by atoms with Crippen LogP contribution in [0.2, 0.25) is 0 Å². The average Bonchev–Trinajstić information content (AvgIpc) is 2.68. The van der Waals surface area contributed by atoms with Crippen molar-refractivity contribution in [1.29, 1.82) is 0 Å². The van der Waals surface area contributed by atoms with Crippen LogP contribution in [0.1, 0.15) is 39.7 Å². The van der Waals surface area contributed by atoms with E-state index in [-0.39, 0.29) is 42.0 Å². The molecule has 7 nitrogen and oxygen atoms in total. The Morgan fingerprint density at radius 2 is 1.84 bits per heavy atom. The van der Waals surface area contributed by atoms with E-state index < -0.39 is 0 Å². The van der Waals surface area contributed by atoms with Crippen LogP contribution in [0.4, 0.5) is 5.69 Å². The number of carbonyl (C=O) groups is 1. The number of amides is 1. The molecule has 2 rings (SSSR count). The molecule has 1 saturated heterocycles. The van der Waals surface area contributed by atoms with Crippen LogP contribution in [-0.4, -0.2) is 74.7 Å². The minimum Gasteiger partial charge on any atom is -0.369 e. The third kappa shape index (κ3) is 11.0. The van der Waals surface area contributed by atoms with Crippen LogP contribution in [-0.2, 0) is 4.79 Å². The smallest absolute Gasteiger partial charge is 0.242 e. The maximum absolute atomic E-state index is 12.0. The summed E-state index contributed by atoms with van der Waals surface area (Å²) in [6, 6.07) is 8.76. The van der Waals surface area contributed by atoms with E-state index in [9.17, 15) is 4.79 Å². The van der Waals surface area contributed by atoms with Gasteiger partial charge in [0.1, 0.15) is 6.54 Å². The van der Waals surface area contributed by atoms with Gasteiger partial charge in [0.25, 0.3) is 0 Å². The van der Waals surface area contributed by atoms with Crippen LogP contribution in [0.3, 0.4) is 0 Å². The van der Waals surface area contributed by atoms with E-state index in [4.69, 9.17) is 0 Å². The highest BCUT2D eigenvalue weighted by Gasteiger charge is 2.17. The topological polar surface area (TPSA) is 72.0 Å². The van der Waals surface area contributed by atoms with Crippen molar-refractivity contribution in [1.82, 2.24) is 20.9 Å². The molecule has 0 atom stereocenters. The number of anilines is 1. The van der Waals surface area contributed by atoms with E-state index in [1.807, 2.05) is 27.7 Å². The van der Waals surface area contributed by atoms with Gasteiger partial charge in [-0.05, 0) is 65.3 Å². The van der Waals surface area contributed by atoms with Gasteiger partial charge in [-0.2, -0.15) is 0 Å². The van der Waals surface area contributed by atoms with Crippen LogP contribution in [0.5, 0.6) is 0 Å². The lowest BCUT2D eigenvalue weighted by Gasteiger charge is -2.36. The fraction of sp³-hybridized carbons (Fsp3) is 0.652. The summed E-state index contributed by atoms with van der Waals surface area (Å²) < 4.78 is 0. The second-order valence-electron chi connectivity index (χ2n) is 8.94. The predicted molar refractivity (Wildman–Crippen MR) is 142 cm³/mol. The zero-order valence-electron chi connectivity index (χ0n) is 19.8. The first-order chi connectivity index (χ1) is 14.3. The normalized spacial score (nSPS) is 15.3. The highest BCUT2D eigenvalue weighted by atomic mass is 127. The molecule has 0 unspecified atom stereocenters. The van der Waals surface area contributed by atoms with Gasteiger partial charge in [0.2, 0.25) is 5.91 Å². The molecule has 3 N–H and O–H groups in total. The van der Waals surface area contributed by atoms with Crippen LogP contribution >= 0.6 is 24.0 Å². The molecular weight excluding hydrogens is 503 g/mol. The second-order valence-corrected chi connectivity index (χ2v) is 8.94. The quantitative estimate of drug-likeness (QED) is 0.203. The zero-order valence-corrected chi connectivity index (χ0v) is 22.2. The molecule has 0 bridgehead atoms. The summed E-state index contributed by atoms with van der Waals surface area (Å²) in [6.07, 6.45) is 1.04. The minimum absolute atomic E-state index is 0. The van der Waals surface area contributed by atoms with Crippen molar-refractivity contribution in [3.8, 4) is 0 Å². The molecule has 1 aliphatic heterocycles. The summed E-state index contributed by atoms with van der Waals surface area (Å²) >= 11 is 0. The van der Waals surface area contributed by atoms with E-state index in [1.165, 1.54) is 11.3 Å². The third-order valence-corrected chi connectivity index (χ3v) is 4.92. The van der Waals surface area contributed by atoms with Crippen molar-refractivity contribution in [3.05, 3.63) is 29.8 Å². The average molecular weight is 545 g/mol. The molecule has 1 fully saturated rings. The van der Waals surface area contributed by atoms with Gasteiger partial charge in [-0.1, -0.05) is 12.1 Å². The first-order valence-corrected chi connectivity index (χ1v) is 11.1. The number of nitrogens with zero attached hydrogens (tertiary/aromatic N) is 3. The van der Waals surface area contributed by atoms with E-state index >= 15 is 0 Å². The maximum atomic E-state index is 12.0. The summed E-state index contributed by atoms with van der Waals surface area (Å²) in [4.78, 5) is 21.4. The van der Waals surface area contributed by atoms with Gasteiger partial charge >= 0.3 is 0 Å². The Balaban J connectivity index is 0.00000480. The Bertz CT molecular complexity index is 696. The molecule has 8 heteroatoms. The van der Waals surface area contributed by atoms with Crippen molar-refractivity contribution in [2.24, 2.45) is 4.99 Å². The van der Waals surface area contributed by atoms with Crippen molar-refractivity contribution < 1.29 is 4.79 Å². The largest absolute Gasteiger partial charge is 0.369 e. The predicted octanol–water partition coefficient (Wildman–Crippen LogP) is 2.59. The molecule has 0 saturated carbocycles. The molecule has 31 heavy (non-hydrogen) atoms. The first kappa shape index (κ1) is 27.5. The van der Waals surface area contributed by atoms with Crippen molar-refractivity contribution >= 4 is 41.5 Å². The highest BCUT2D eigenvalue weighted by Crippen LogP contribution is 2.17. The molecule has 176 valence electrons. The van der Waals surface area contributed by atoms with Gasteiger partial charge in [0.15, 0.2) is 5.96 Å². The van der Waals surface area contributed by atoms with Gasteiger partial charge in [-0.25, -0.2) is 4.99 Å². The Morgan fingerprint density at radius 1 is 1.13 bits per heavy atom. The standard InChI is InChI=1S/C23H40N6O.HI/c1-6-24-22(26-18-21(30)27-23(3,4)5)25-11-8-12-28-13-15-29(16-14-28)20-10-7-9-19(2)17-20;/h7,9-10,17H,6,8,11-16,18H2,1-5H3,(H,27,30)(H2,24,25,26);1H. The van der Waals surface area contributed by atoms with Crippen LogP contribution in [0.25, 0.3) is 0 Å². The molecule has 0 aromatic heterocycles. The number of aryl methyl sites for hydroxylation is 1. The summed E-state index contributed by atoms with van der Waals surface area (Å²) in [6.45, 7) is 17.2. The molecule has 1 heterocycles. The lowest BCUT2D eigenvalue weighted by Crippen LogP contribution is -2.47. The van der Waals surface area contributed by atoms with Crippen molar-refractivity contribution in [2.75, 3.05) is 57.3 Å². The number of guanidine groups is 1. The number of halogens is 1. The summed E-state index contributed by atoms with van der Waals surface area (Å²) in [7, 11) is 0. The number of benzene rings is 1. The van der Waals surface area contributed by atoms with Gasteiger partial charge < -0.3 is 20.9 Å². The van der Waals surface area contributed by atoms with E-state index in [0.717, 1.165) is 52.2 Å². The van der Waals surface area contributed by atoms with E-state index in [0.29, 0.717) is 5.96 Å². The summed E-state index contributed by atoms with van der Waals surface area (Å²) in [5.41, 5.74) is 2.41. The van der Waals surface area contributed by atoms with E-state index in [1.54, 1.807) is 0 Å². The van der Waals surface area contributed by atoms with Gasteiger partial charge in [0, 0.05) is 50.5 Å². The van der Waals surface area contributed by atoms with Crippen LogP contribution in [0, 0.1) is 6.92 Å². The molecule has 0 radical (unpaired) electrons. The van der Waals surface area contributed by atoms with E-state index in [2.05, 4.69) is 61.9 Å². The zero-order chi connectivity index (χ0) is 22.0. The fourth-order valence-electron chi connectivity index (χ4n) is 3.51. The molecule has 1 aromatic rings. The van der Waals surface area contributed by atoms with Crippen LogP contribution in [0.15, 0.2) is 29.3 Å². The summed E-state index contributed by atoms with van der Waals surface area (Å²) in [5.74, 6) is 0.636. The highest BCUT2D eigenvalue weighted by molar-refractivity contribution is 14.0. The Hall–Kier alpha value is -1.55. The Labute approximate surface area is 205 Å². The summed E-state index contributed by atoms with van der Waals surface area (Å²) in [5, 5.41) is 9.48. The number of nitrogens with one attached hydrogen (secondary N) is 3. The molecule has 1 aliphatic rings. The minimum atomic E-state index is -0.234. The lowest BCUT2D eigenvalue weighted by atomic mass is 10.1. The Morgan fingerprint density at radius 3 is 2.45 bits per heavy atom. The molecule has 0 aliphatic carbocycles. The number of hydrogen-bond acceptors (Lipinski definition) is 4. The van der Waals surface area contributed by atoms with Crippen molar-refractivity contribution in [2.45, 2.75) is 46.6 Å². The number of aliphatic imine (C=N–C) groups is 1. The number of hydrogen-bond donors (Lipinski definition) is 3. The monoisotopic (exact) mass is 544 g/mol. The lowest BCUT2D eigenvalue weighted by molar-refractivity contribution is -0.121. The second kappa shape index (κ2) is 13.8. The van der Waals surface area contributed by atoms with Gasteiger partial charge in [-0.3, -0.25) is 9.69 Å². The molecule has 1 aromatic carbocycles. The molecular formula is C23H41IN6O. The van der Waals surface area contributed by atoms with Gasteiger partial charge in [-0.15, -0.1) is 24.0 Å². The Kier molecular flexibility index (Phi) is 12.2. The molecule has 0 spiro atoms. The number of rotatable bonds is 8. The fourth-order valence-corrected chi connectivity index (χ4v) is 3.51. The first-order valence-electron chi connectivity index (χ1n) is 11.1. The number of piperazine rings is 1. The van der Waals surface area contributed by atoms with Crippen LogP contribution < -0.4 is 20.9 Å². The molecule has 1 amide bonds. The van der Waals surface area contributed by atoms with Crippen molar-refractivity contribution in [3.63, 3.8) is 0 Å².